The summed E-state index contributed by atoms with van der Waals surface area (Å²) in [6.07, 6.45) is 4.81. The Morgan fingerprint density at radius 2 is 0.662 bits per heavy atom. The van der Waals surface area contributed by atoms with Crippen LogP contribution in [0.1, 0.15) is 35.1 Å². The molecule has 68 heavy (non-hydrogen) atoms. The Morgan fingerprint density at radius 3 is 0.882 bits per heavy atom. The van der Waals surface area contributed by atoms with E-state index in [9.17, 15) is 46.3 Å². The van der Waals surface area contributed by atoms with Crippen LogP contribution in [0.15, 0.2) is 120 Å². The molecule has 356 valence electrons. The molecule has 4 atom stereocenters. The lowest BCUT2D eigenvalue weighted by Gasteiger charge is -2.23. The van der Waals surface area contributed by atoms with E-state index in [1.165, 1.54) is 58.3 Å². The lowest BCUT2D eigenvalue weighted by atomic mass is 9.94. The number of allylic oxidation sites excluding steroid dienone is 2. The van der Waals surface area contributed by atoms with Crippen molar-refractivity contribution in [2.24, 2.45) is 23.7 Å². The van der Waals surface area contributed by atoms with Crippen molar-refractivity contribution in [2.45, 2.75) is 38.5 Å². The molecule has 0 aromatic heterocycles. The molecule has 0 bridgehead atoms. The minimum Gasteiger partial charge on any atom is -0.355 e. The van der Waals surface area contributed by atoms with Crippen LogP contribution in [-0.4, -0.2) is 97.6 Å². The number of halogens is 4. The molecule has 2 heterocycles. The molecule has 0 radical (unpaired) electrons. The molecule has 7 rings (SSSR count). The van der Waals surface area contributed by atoms with E-state index in [1.54, 1.807) is 60.7 Å². The summed E-state index contributed by atoms with van der Waals surface area (Å²) >= 11 is 0. The maximum Gasteiger partial charge on any atom is 0.249 e. The second-order valence-corrected chi connectivity index (χ2v) is 17.4. The molecule has 2 fully saturated rings. The number of amides is 6. The van der Waals surface area contributed by atoms with Gasteiger partial charge in [0.05, 0.1) is 23.7 Å². The molecule has 16 heteroatoms. The van der Waals surface area contributed by atoms with Gasteiger partial charge in [-0.25, -0.2) is 17.6 Å². The summed E-state index contributed by atoms with van der Waals surface area (Å²) < 4.78 is 55.1. The number of likely N-dealkylation sites (tertiary alicyclic amines) is 2. The van der Waals surface area contributed by atoms with Crippen molar-refractivity contribution in [2.75, 3.05) is 52.4 Å². The van der Waals surface area contributed by atoms with Gasteiger partial charge in [0.1, 0.15) is 23.3 Å². The van der Waals surface area contributed by atoms with Crippen LogP contribution in [-0.2, 0) is 54.5 Å². The van der Waals surface area contributed by atoms with Gasteiger partial charge in [-0.3, -0.25) is 28.8 Å². The molecule has 6 amide bonds. The van der Waals surface area contributed by atoms with E-state index in [2.05, 4.69) is 21.3 Å². The minimum atomic E-state index is -0.898. The second-order valence-electron chi connectivity index (χ2n) is 17.4. The molecular weight excluding hydrogens is 881 g/mol. The maximum atomic E-state index is 14.0. The van der Waals surface area contributed by atoms with Gasteiger partial charge in [-0.1, -0.05) is 60.7 Å². The second kappa shape index (κ2) is 23.1. The first-order chi connectivity index (χ1) is 32.8. The molecule has 0 unspecified atom stereocenters. The topological polar surface area (TPSA) is 157 Å². The molecule has 0 saturated carbocycles. The summed E-state index contributed by atoms with van der Waals surface area (Å²) in [5.41, 5.74) is 3.45. The lowest BCUT2D eigenvalue weighted by Crippen LogP contribution is -2.42. The summed E-state index contributed by atoms with van der Waals surface area (Å²) in [6.45, 7) is 0.496. The fraction of sp³-hybridized carbons (Fsp3) is 0.346. The van der Waals surface area contributed by atoms with Crippen LogP contribution >= 0.6 is 0 Å². The first-order valence-corrected chi connectivity index (χ1v) is 22.9. The van der Waals surface area contributed by atoms with E-state index in [4.69, 9.17) is 0 Å². The summed E-state index contributed by atoms with van der Waals surface area (Å²) in [6, 6.07) is 24.1. The molecule has 4 N–H and O–H groups in total. The van der Waals surface area contributed by atoms with Gasteiger partial charge in [0.25, 0.3) is 0 Å². The van der Waals surface area contributed by atoms with Gasteiger partial charge in [0.2, 0.25) is 35.4 Å². The van der Waals surface area contributed by atoms with Gasteiger partial charge < -0.3 is 31.1 Å². The van der Waals surface area contributed by atoms with Crippen LogP contribution in [0.2, 0.25) is 0 Å². The van der Waals surface area contributed by atoms with Gasteiger partial charge in [-0.15, -0.1) is 0 Å². The zero-order chi connectivity index (χ0) is 48.2. The molecule has 2 aliphatic heterocycles. The third-order valence-electron chi connectivity index (χ3n) is 12.7. The number of hydrogen-bond acceptors (Lipinski definition) is 6. The van der Waals surface area contributed by atoms with Crippen LogP contribution in [0.5, 0.6) is 0 Å². The zero-order valence-electron chi connectivity index (χ0n) is 37.5. The highest BCUT2D eigenvalue weighted by atomic mass is 19.1. The Balaban J connectivity index is 0.994. The van der Waals surface area contributed by atoms with Crippen molar-refractivity contribution in [1.82, 2.24) is 31.1 Å². The Bertz CT molecular complexity index is 2270. The van der Waals surface area contributed by atoms with Gasteiger partial charge in [0.15, 0.2) is 0 Å². The summed E-state index contributed by atoms with van der Waals surface area (Å²) in [7, 11) is 0. The molecule has 2 saturated heterocycles. The number of nitrogens with one attached hydrogen (secondary N) is 4. The molecular formula is C52H54F4N6O6. The maximum absolute atomic E-state index is 14.0. The lowest BCUT2D eigenvalue weighted by molar-refractivity contribution is -0.132. The predicted molar refractivity (Wildman–Crippen MR) is 245 cm³/mol. The highest BCUT2D eigenvalue weighted by Gasteiger charge is 2.45. The average molecular weight is 935 g/mol. The van der Waals surface area contributed by atoms with E-state index in [0.29, 0.717) is 59.1 Å². The van der Waals surface area contributed by atoms with Crippen LogP contribution in [0, 0.1) is 46.9 Å². The Kier molecular flexibility index (Phi) is 16.6. The minimum absolute atomic E-state index is 0.0510. The van der Waals surface area contributed by atoms with Crippen molar-refractivity contribution < 1.29 is 46.3 Å². The number of benzene rings is 4. The smallest absolute Gasteiger partial charge is 0.249 e. The number of rotatable bonds is 18. The fourth-order valence-corrected chi connectivity index (χ4v) is 9.02. The molecule has 4 aromatic rings. The first-order valence-electron chi connectivity index (χ1n) is 22.9. The molecule has 0 spiro atoms. The van der Waals surface area contributed by atoms with E-state index in [-0.39, 0.29) is 65.2 Å². The average Bonchev–Trinajstić information content (AvgIpc) is 3.98. The van der Waals surface area contributed by atoms with Crippen molar-refractivity contribution in [3.8, 4) is 0 Å². The number of carbonyl (C=O) groups is 6. The van der Waals surface area contributed by atoms with E-state index in [1.807, 2.05) is 0 Å². The van der Waals surface area contributed by atoms with Crippen molar-refractivity contribution in [3.63, 3.8) is 0 Å². The third kappa shape index (κ3) is 13.1. The summed E-state index contributed by atoms with van der Waals surface area (Å²) in [5, 5.41) is 11.4. The van der Waals surface area contributed by atoms with E-state index < -0.39 is 82.4 Å². The standard InChI is InChI=1S/C52H54F4N6O6/c53-39-9-1-5-33(25-39)17-21-57-47(63)43-29-61(30-44(43)48(64)58-22-18-34-6-2-10-40(54)26-34)51(67)37-13-15-38(16-14-37)52(68)62-31-45(49(65)59-23-19-35-7-3-11-41(55)27-35)46(32-62)50(66)60-24-20-36-8-4-12-42(56)28-36/h1-13,15,25-28,43-46H,14,16-24,29-32H2,(H,57,63)(H,58,64)(H,59,65)(H,60,66)/t43-,44-,45-,46-/m0/s1. The van der Waals surface area contributed by atoms with E-state index in [0.717, 1.165) is 0 Å². The zero-order valence-corrected chi connectivity index (χ0v) is 37.5. The van der Waals surface area contributed by atoms with Crippen molar-refractivity contribution in [1.29, 1.82) is 0 Å². The quantitative estimate of drug-likeness (QED) is 0.105. The van der Waals surface area contributed by atoms with Crippen LogP contribution in [0.3, 0.4) is 0 Å². The normalized spacial score (nSPS) is 18.9. The van der Waals surface area contributed by atoms with Crippen molar-refractivity contribution >= 4 is 35.4 Å². The highest BCUT2D eigenvalue weighted by Crippen LogP contribution is 2.31. The fourth-order valence-electron chi connectivity index (χ4n) is 9.02. The van der Waals surface area contributed by atoms with Crippen LogP contribution in [0.25, 0.3) is 0 Å². The number of nitrogens with zero attached hydrogens (tertiary/aromatic N) is 2. The molecule has 12 nitrogen and oxygen atoms in total. The third-order valence-corrected chi connectivity index (χ3v) is 12.7. The van der Waals surface area contributed by atoms with Gasteiger partial charge >= 0.3 is 0 Å². The molecule has 3 aliphatic rings. The van der Waals surface area contributed by atoms with E-state index >= 15 is 0 Å². The first kappa shape index (κ1) is 48.8. The predicted octanol–water partition coefficient (Wildman–Crippen LogP) is 4.77. The van der Waals surface area contributed by atoms with Gasteiger partial charge in [-0.05, 0) is 109 Å². The van der Waals surface area contributed by atoms with Crippen LogP contribution in [0.4, 0.5) is 17.6 Å². The molecule has 4 aromatic carbocycles. The Hall–Kier alpha value is -7.10. The SMILES string of the molecule is O=C(NCCc1cccc(F)c1)[C@H]1CN(C(=O)C2=CC=C(C(=O)N3C[C@H](C(=O)NCCc4cccc(F)c4)[C@@H](C(=O)NCCc4cccc(F)c4)C3)CC2)C[C@@H]1C(=O)NCCc1cccc(F)c1. The number of hydrogen-bond donors (Lipinski definition) is 4. The van der Waals surface area contributed by atoms with Crippen LogP contribution < -0.4 is 21.3 Å². The summed E-state index contributed by atoms with van der Waals surface area (Å²) in [4.78, 5) is 85.5. The Labute approximate surface area is 392 Å². The Morgan fingerprint density at radius 1 is 0.412 bits per heavy atom. The van der Waals surface area contributed by atoms with Crippen molar-refractivity contribution in [3.05, 3.63) is 166 Å². The van der Waals surface area contributed by atoms with Gasteiger partial charge in [-0.2, -0.15) is 0 Å². The monoisotopic (exact) mass is 934 g/mol. The molecule has 1 aliphatic carbocycles. The highest BCUT2D eigenvalue weighted by molar-refractivity contribution is 6.00. The number of carbonyl (C=O) groups excluding carboxylic acids is 6. The summed E-state index contributed by atoms with van der Waals surface area (Å²) in [5.74, 6) is -7.73. The largest absolute Gasteiger partial charge is 0.355 e. The van der Waals surface area contributed by atoms with Gasteiger partial charge in [0, 0.05) is 63.5 Å².